The normalized spacial score (nSPS) is 17.8. The summed E-state index contributed by atoms with van der Waals surface area (Å²) in [4.78, 5) is 23.5. The second kappa shape index (κ2) is 4.98. The van der Waals surface area contributed by atoms with Crippen molar-refractivity contribution in [1.29, 1.82) is 0 Å². The molecule has 1 aliphatic rings. The Balaban J connectivity index is 2.35. The van der Waals surface area contributed by atoms with E-state index in [0.717, 1.165) is 0 Å². The zero-order valence-corrected chi connectivity index (χ0v) is 12.5. The maximum atomic E-state index is 11.7. The molecule has 0 aromatic heterocycles. The molecule has 0 unspecified atom stereocenters. The Morgan fingerprint density at radius 2 is 1.79 bits per heavy atom. The molecule has 1 heterocycles. The molecule has 19 heavy (non-hydrogen) atoms. The van der Waals surface area contributed by atoms with Gasteiger partial charge in [-0.2, -0.15) is 0 Å². The first-order chi connectivity index (χ1) is 8.78. The Labute approximate surface area is 123 Å². The Morgan fingerprint density at radius 1 is 1.21 bits per heavy atom. The Bertz CT molecular complexity index is 570. The van der Waals surface area contributed by atoms with Crippen molar-refractivity contribution in [3.05, 3.63) is 38.8 Å². The predicted molar refractivity (Wildman–Crippen MR) is 73.4 cm³/mol. The smallest absolute Gasteiger partial charge is 0.348 e. The number of ether oxygens (including phenoxy) is 2. The number of carbonyl (C=O) groups is 2. The third kappa shape index (κ3) is 3.16. The number of cyclic esters (lactones) is 2. The first-order valence-electron chi connectivity index (χ1n) is 5.42. The van der Waals surface area contributed by atoms with Crippen LogP contribution < -0.4 is 0 Å². The van der Waals surface area contributed by atoms with Crippen molar-refractivity contribution in [3.8, 4) is 0 Å². The predicted octanol–water partition coefficient (Wildman–Crippen LogP) is 3.32. The molecule has 1 fully saturated rings. The standard InChI is InChI=1S/C13H10BrClO4/c1-13(2)18-11(16)8(12(17)19-13)5-7-3-4-10(15)9(14)6-7/h3-6H,1-2H3. The number of carbonyl (C=O) groups excluding carboxylic acids is 2. The fourth-order valence-electron chi connectivity index (χ4n) is 1.55. The molecule has 0 N–H and O–H groups in total. The summed E-state index contributed by atoms with van der Waals surface area (Å²) in [6.45, 7) is 3.00. The van der Waals surface area contributed by atoms with Gasteiger partial charge in [0.05, 0.1) is 5.02 Å². The van der Waals surface area contributed by atoms with Crippen molar-refractivity contribution in [2.24, 2.45) is 0 Å². The monoisotopic (exact) mass is 344 g/mol. The molecule has 100 valence electrons. The van der Waals surface area contributed by atoms with E-state index in [1.807, 2.05) is 0 Å². The van der Waals surface area contributed by atoms with Crippen LogP contribution in [0.3, 0.4) is 0 Å². The first-order valence-corrected chi connectivity index (χ1v) is 6.59. The molecule has 0 spiro atoms. The van der Waals surface area contributed by atoms with Crippen LogP contribution in [0.15, 0.2) is 28.2 Å². The Kier molecular flexibility index (Phi) is 3.69. The van der Waals surface area contributed by atoms with Gasteiger partial charge in [0.1, 0.15) is 5.57 Å². The minimum Gasteiger partial charge on any atom is -0.419 e. The van der Waals surface area contributed by atoms with Crippen LogP contribution in [-0.4, -0.2) is 17.7 Å². The van der Waals surface area contributed by atoms with Crippen LogP contribution in [-0.2, 0) is 19.1 Å². The molecule has 1 aromatic carbocycles. The minimum absolute atomic E-state index is 0.145. The summed E-state index contributed by atoms with van der Waals surface area (Å²) in [5, 5.41) is 0.539. The number of rotatable bonds is 1. The SMILES string of the molecule is CC1(C)OC(=O)C(=Cc2ccc(Cl)c(Br)c2)C(=O)O1. The molecular weight excluding hydrogens is 335 g/mol. The number of benzene rings is 1. The van der Waals surface area contributed by atoms with Crippen LogP contribution in [0.25, 0.3) is 6.08 Å². The van der Waals surface area contributed by atoms with E-state index in [9.17, 15) is 9.59 Å². The summed E-state index contributed by atoms with van der Waals surface area (Å²) >= 11 is 9.13. The van der Waals surface area contributed by atoms with Crippen LogP contribution >= 0.6 is 27.5 Å². The summed E-state index contributed by atoms with van der Waals surface area (Å²) in [5.41, 5.74) is 0.494. The number of halogens is 2. The maximum Gasteiger partial charge on any atom is 0.348 e. The molecule has 0 atom stereocenters. The lowest BCUT2D eigenvalue weighted by molar-refractivity contribution is -0.222. The van der Waals surface area contributed by atoms with Crippen LogP contribution in [0.5, 0.6) is 0 Å². The largest absolute Gasteiger partial charge is 0.419 e. The van der Waals surface area contributed by atoms with E-state index in [1.54, 1.807) is 18.2 Å². The van der Waals surface area contributed by atoms with E-state index >= 15 is 0 Å². The molecule has 1 aliphatic heterocycles. The molecule has 0 radical (unpaired) electrons. The number of hydrogen-bond acceptors (Lipinski definition) is 4. The molecule has 0 aliphatic carbocycles. The molecule has 6 heteroatoms. The van der Waals surface area contributed by atoms with E-state index in [4.69, 9.17) is 21.1 Å². The second-order valence-electron chi connectivity index (χ2n) is 4.41. The van der Waals surface area contributed by atoms with Gasteiger partial charge in [-0.15, -0.1) is 0 Å². The average Bonchev–Trinajstić information content (AvgIpc) is 2.27. The zero-order valence-electron chi connectivity index (χ0n) is 10.2. The molecule has 2 rings (SSSR count). The van der Waals surface area contributed by atoms with E-state index < -0.39 is 17.7 Å². The van der Waals surface area contributed by atoms with E-state index in [1.165, 1.54) is 19.9 Å². The van der Waals surface area contributed by atoms with Gasteiger partial charge in [0.15, 0.2) is 0 Å². The molecule has 1 aromatic rings. The Hall–Kier alpha value is -1.33. The van der Waals surface area contributed by atoms with E-state index in [0.29, 0.717) is 15.1 Å². The van der Waals surface area contributed by atoms with Crippen LogP contribution in [0.1, 0.15) is 19.4 Å². The highest BCUT2D eigenvalue weighted by Crippen LogP contribution is 2.27. The van der Waals surface area contributed by atoms with Gasteiger partial charge in [0.25, 0.3) is 5.79 Å². The molecule has 4 nitrogen and oxygen atoms in total. The van der Waals surface area contributed by atoms with Gasteiger partial charge in [-0.05, 0) is 39.7 Å². The highest BCUT2D eigenvalue weighted by atomic mass is 79.9. The molecule has 0 bridgehead atoms. The van der Waals surface area contributed by atoms with Gasteiger partial charge >= 0.3 is 11.9 Å². The highest BCUT2D eigenvalue weighted by Gasteiger charge is 2.38. The van der Waals surface area contributed by atoms with Crippen molar-refractivity contribution in [1.82, 2.24) is 0 Å². The van der Waals surface area contributed by atoms with Gasteiger partial charge in [-0.1, -0.05) is 17.7 Å². The quantitative estimate of drug-likeness (QED) is 0.445. The van der Waals surface area contributed by atoms with Crippen molar-refractivity contribution in [2.45, 2.75) is 19.6 Å². The molecular formula is C13H10BrClO4. The van der Waals surface area contributed by atoms with Gasteiger partial charge in [-0.25, -0.2) is 9.59 Å². The molecule has 0 saturated carbocycles. The van der Waals surface area contributed by atoms with Crippen molar-refractivity contribution < 1.29 is 19.1 Å². The Morgan fingerprint density at radius 3 is 2.32 bits per heavy atom. The summed E-state index contributed by atoms with van der Waals surface area (Å²) in [6.07, 6.45) is 1.40. The second-order valence-corrected chi connectivity index (χ2v) is 5.67. The van der Waals surface area contributed by atoms with Gasteiger partial charge in [0.2, 0.25) is 0 Å². The third-order valence-corrected chi connectivity index (χ3v) is 3.59. The lowest BCUT2D eigenvalue weighted by Crippen LogP contribution is -2.41. The summed E-state index contributed by atoms with van der Waals surface area (Å²) < 4.78 is 10.7. The number of esters is 2. The summed E-state index contributed by atoms with van der Waals surface area (Å²) in [5.74, 6) is -2.63. The van der Waals surface area contributed by atoms with E-state index in [-0.39, 0.29) is 5.57 Å². The van der Waals surface area contributed by atoms with Gasteiger partial charge in [0, 0.05) is 18.3 Å². The highest BCUT2D eigenvalue weighted by molar-refractivity contribution is 9.10. The molecule has 1 saturated heterocycles. The van der Waals surface area contributed by atoms with Gasteiger partial charge in [-0.3, -0.25) is 0 Å². The fraction of sp³-hybridized carbons (Fsp3) is 0.231. The fourth-order valence-corrected chi connectivity index (χ4v) is 2.06. The minimum atomic E-state index is -1.23. The first kappa shape index (κ1) is 14.1. The maximum absolute atomic E-state index is 11.7. The topological polar surface area (TPSA) is 52.6 Å². The summed E-state index contributed by atoms with van der Waals surface area (Å²) in [6, 6.07) is 5.03. The van der Waals surface area contributed by atoms with Crippen LogP contribution in [0, 0.1) is 0 Å². The zero-order chi connectivity index (χ0) is 14.2. The van der Waals surface area contributed by atoms with Crippen molar-refractivity contribution in [2.75, 3.05) is 0 Å². The summed E-state index contributed by atoms with van der Waals surface area (Å²) in [7, 11) is 0. The lowest BCUT2D eigenvalue weighted by Gasteiger charge is -2.29. The third-order valence-electron chi connectivity index (χ3n) is 2.37. The van der Waals surface area contributed by atoms with Gasteiger partial charge < -0.3 is 9.47 Å². The van der Waals surface area contributed by atoms with E-state index in [2.05, 4.69) is 15.9 Å². The number of hydrogen-bond donors (Lipinski definition) is 0. The van der Waals surface area contributed by atoms with Crippen LogP contribution in [0.4, 0.5) is 0 Å². The lowest BCUT2D eigenvalue weighted by atomic mass is 10.1. The van der Waals surface area contributed by atoms with Crippen molar-refractivity contribution >= 4 is 45.5 Å². The average molecular weight is 346 g/mol. The van der Waals surface area contributed by atoms with Crippen LogP contribution in [0.2, 0.25) is 5.02 Å². The van der Waals surface area contributed by atoms with Crippen molar-refractivity contribution in [3.63, 3.8) is 0 Å². The molecule has 0 amide bonds.